The van der Waals surface area contributed by atoms with Crippen LogP contribution < -0.4 is 0 Å². The van der Waals surface area contributed by atoms with Gasteiger partial charge in [0.05, 0.1) is 12.5 Å². The lowest BCUT2D eigenvalue weighted by atomic mass is 10.2. The van der Waals surface area contributed by atoms with Crippen molar-refractivity contribution in [2.75, 3.05) is 6.61 Å². The first-order valence-electron chi connectivity index (χ1n) is 5.85. The summed E-state index contributed by atoms with van der Waals surface area (Å²) in [6.45, 7) is 1.73. The number of ether oxygens (including phenoxy) is 1. The van der Waals surface area contributed by atoms with Gasteiger partial charge in [-0.2, -0.15) is 0 Å². The highest BCUT2D eigenvalue weighted by Gasteiger charge is 2.71. The van der Waals surface area contributed by atoms with E-state index in [0.717, 1.165) is 5.56 Å². The highest BCUT2D eigenvalue weighted by Crippen LogP contribution is 2.56. The molecule has 0 amide bonds. The lowest BCUT2D eigenvalue weighted by molar-refractivity contribution is -0.147. The zero-order valence-electron chi connectivity index (χ0n) is 9.98. The van der Waals surface area contributed by atoms with E-state index >= 15 is 0 Å². The Labute approximate surface area is 104 Å². The summed E-state index contributed by atoms with van der Waals surface area (Å²) in [5, 5.41) is 0. The standard InChI is InChI=1S/C14H14F2O2/c1-2-18-13(17)12-11(14(12,15)16)9-8-10-6-4-3-5-7-10/h3-9,11-12H,2H2,1H3/b9-8+. The van der Waals surface area contributed by atoms with Gasteiger partial charge in [0, 0.05) is 0 Å². The van der Waals surface area contributed by atoms with E-state index in [0.29, 0.717) is 0 Å². The van der Waals surface area contributed by atoms with Gasteiger partial charge >= 0.3 is 5.97 Å². The Kier molecular flexibility index (Phi) is 3.45. The van der Waals surface area contributed by atoms with Crippen LogP contribution >= 0.6 is 0 Å². The Morgan fingerprint density at radius 1 is 1.39 bits per heavy atom. The van der Waals surface area contributed by atoms with Crippen LogP contribution in [-0.4, -0.2) is 18.5 Å². The fourth-order valence-electron chi connectivity index (χ4n) is 1.90. The molecule has 18 heavy (non-hydrogen) atoms. The van der Waals surface area contributed by atoms with Gasteiger partial charge in [-0.1, -0.05) is 42.5 Å². The average molecular weight is 252 g/mol. The van der Waals surface area contributed by atoms with Gasteiger partial charge in [-0.3, -0.25) is 4.79 Å². The quantitative estimate of drug-likeness (QED) is 0.769. The normalized spacial score (nSPS) is 25.1. The summed E-state index contributed by atoms with van der Waals surface area (Å²) < 4.78 is 31.4. The molecule has 0 bridgehead atoms. The van der Waals surface area contributed by atoms with Gasteiger partial charge in [-0.15, -0.1) is 0 Å². The molecule has 1 aromatic carbocycles. The fourth-order valence-corrected chi connectivity index (χ4v) is 1.90. The number of esters is 1. The Bertz CT molecular complexity index is 454. The summed E-state index contributed by atoms with van der Waals surface area (Å²) in [6, 6.07) is 9.14. The van der Waals surface area contributed by atoms with Crippen LogP contribution in [0.15, 0.2) is 36.4 Å². The number of alkyl halides is 2. The maximum absolute atomic E-state index is 13.4. The smallest absolute Gasteiger partial charge is 0.315 e. The molecule has 2 nitrogen and oxygen atoms in total. The van der Waals surface area contributed by atoms with Crippen molar-refractivity contribution >= 4 is 12.0 Å². The highest BCUT2D eigenvalue weighted by atomic mass is 19.3. The van der Waals surface area contributed by atoms with Gasteiger partial charge in [0.2, 0.25) is 0 Å². The van der Waals surface area contributed by atoms with Crippen LogP contribution in [-0.2, 0) is 9.53 Å². The van der Waals surface area contributed by atoms with E-state index in [9.17, 15) is 13.6 Å². The van der Waals surface area contributed by atoms with Crippen molar-refractivity contribution in [3.8, 4) is 0 Å². The third-order valence-corrected chi connectivity index (χ3v) is 2.95. The lowest BCUT2D eigenvalue weighted by Gasteiger charge is -1.97. The molecule has 0 aromatic heterocycles. The molecular weight excluding hydrogens is 238 g/mol. The van der Waals surface area contributed by atoms with E-state index in [-0.39, 0.29) is 6.61 Å². The van der Waals surface area contributed by atoms with Crippen molar-refractivity contribution in [1.29, 1.82) is 0 Å². The Hall–Kier alpha value is -1.71. The Balaban J connectivity index is 2.03. The molecular formula is C14H14F2O2. The average Bonchev–Trinajstić information content (AvgIpc) is 2.90. The van der Waals surface area contributed by atoms with Gasteiger partial charge < -0.3 is 4.74 Å². The minimum atomic E-state index is -2.97. The largest absolute Gasteiger partial charge is 0.466 e. The van der Waals surface area contributed by atoms with E-state index in [2.05, 4.69) is 4.74 Å². The zero-order chi connectivity index (χ0) is 13.2. The van der Waals surface area contributed by atoms with Crippen molar-refractivity contribution in [3.63, 3.8) is 0 Å². The SMILES string of the molecule is CCOC(=O)C1C(/C=C/c2ccccc2)C1(F)F. The van der Waals surface area contributed by atoms with E-state index in [1.165, 1.54) is 6.08 Å². The van der Waals surface area contributed by atoms with Crippen LogP contribution in [0, 0.1) is 11.8 Å². The van der Waals surface area contributed by atoms with Crippen molar-refractivity contribution in [3.05, 3.63) is 42.0 Å². The summed E-state index contributed by atoms with van der Waals surface area (Å²) in [4.78, 5) is 11.3. The molecule has 1 aromatic rings. The molecule has 1 aliphatic rings. The number of hydrogen-bond acceptors (Lipinski definition) is 2. The third kappa shape index (κ3) is 2.42. The van der Waals surface area contributed by atoms with Crippen molar-refractivity contribution in [2.45, 2.75) is 12.8 Å². The van der Waals surface area contributed by atoms with E-state index in [1.54, 1.807) is 13.0 Å². The Morgan fingerprint density at radius 2 is 2.06 bits per heavy atom. The molecule has 1 saturated carbocycles. The van der Waals surface area contributed by atoms with Crippen LogP contribution in [0.4, 0.5) is 8.78 Å². The van der Waals surface area contributed by atoms with Crippen molar-refractivity contribution in [1.82, 2.24) is 0 Å². The molecule has 96 valence electrons. The van der Waals surface area contributed by atoms with Crippen LogP contribution in [0.2, 0.25) is 0 Å². The Morgan fingerprint density at radius 3 is 2.67 bits per heavy atom. The van der Waals surface area contributed by atoms with Gasteiger partial charge in [-0.05, 0) is 12.5 Å². The predicted octanol–water partition coefficient (Wildman–Crippen LogP) is 3.14. The predicted molar refractivity (Wildman–Crippen MR) is 64.0 cm³/mol. The van der Waals surface area contributed by atoms with Crippen LogP contribution in [0.1, 0.15) is 12.5 Å². The van der Waals surface area contributed by atoms with Crippen molar-refractivity contribution in [2.24, 2.45) is 11.8 Å². The lowest BCUT2D eigenvalue weighted by Crippen LogP contribution is -2.11. The summed E-state index contributed by atoms with van der Waals surface area (Å²) in [7, 11) is 0. The number of benzene rings is 1. The summed E-state index contributed by atoms with van der Waals surface area (Å²) in [6.07, 6.45) is 2.99. The molecule has 2 rings (SSSR count). The first-order chi connectivity index (χ1) is 8.57. The van der Waals surface area contributed by atoms with E-state index in [4.69, 9.17) is 0 Å². The molecule has 0 saturated heterocycles. The number of carbonyl (C=O) groups excluding carboxylic acids is 1. The second-order valence-electron chi connectivity index (χ2n) is 4.20. The molecule has 0 radical (unpaired) electrons. The maximum Gasteiger partial charge on any atom is 0.315 e. The number of rotatable bonds is 4. The molecule has 0 N–H and O–H groups in total. The van der Waals surface area contributed by atoms with Gasteiger partial charge in [0.1, 0.15) is 5.92 Å². The van der Waals surface area contributed by atoms with Crippen LogP contribution in [0.3, 0.4) is 0 Å². The zero-order valence-corrected chi connectivity index (χ0v) is 9.98. The number of allylic oxidation sites excluding steroid dienone is 1. The first kappa shape index (κ1) is 12.7. The molecule has 1 fully saturated rings. The molecule has 0 spiro atoms. The molecule has 1 aliphatic carbocycles. The summed E-state index contributed by atoms with van der Waals surface area (Å²) in [5.74, 6) is -6.16. The first-order valence-corrected chi connectivity index (χ1v) is 5.85. The fraction of sp³-hybridized carbons (Fsp3) is 0.357. The highest BCUT2D eigenvalue weighted by molar-refractivity contribution is 5.79. The monoisotopic (exact) mass is 252 g/mol. The molecule has 2 unspecified atom stereocenters. The van der Waals surface area contributed by atoms with Gasteiger partial charge in [-0.25, -0.2) is 8.78 Å². The molecule has 2 atom stereocenters. The maximum atomic E-state index is 13.4. The van der Waals surface area contributed by atoms with Crippen LogP contribution in [0.25, 0.3) is 6.08 Å². The van der Waals surface area contributed by atoms with Gasteiger partial charge in [0.15, 0.2) is 0 Å². The molecule has 0 aliphatic heterocycles. The second kappa shape index (κ2) is 4.88. The summed E-state index contributed by atoms with van der Waals surface area (Å²) >= 11 is 0. The van der Waals surface area contributed by atoms with Crippen LogP contribution in [0.5, 0.6) is 0 Å². The molecule has 4 heteroatoms. The minimum Gasteiger partial charge on any atom is -0.466 e. The van der Waals surface area contributed by atoms with Gasteiger partial charge in [0.25, 0.3) is 5.92 Å². The number of carbonyl (C=O) groups is 1. The minimum absolute atomic E-state index is 0.126. The third-order valence-electron chi connectivity index (χ3n) is 2.95. The number of hydrogen-bond donors (Lipinski definition) is 0. The topological polar surface area (TPSA) is 26.3 Å². The van der Waals surface area contributed by atoms with Crippen molar-refractivity contribution < 1.29 is 18.3 Å². The second-order valence-corrected chi connectivity index (χ2v) is 4.20. The van der Waals surface area contributed by atoms with E-state index in [1.807, 2.05) is 30.3 Å². The summed E-state index contributed by atoms with van der Waals surface area (Å²) in [5.41, 5.74) is 0.836. The van der Waals surface area contributed by atoms with E-state index < -0.39 is 23.7 Å². The molecule has 0 heterocycles. The number of halogens is 2.